The van der Waals surface area contributed by atoms with Crippen LogP contribution in [0.3, 0.4) is 0 Å². The van der Waals surface area contributed by atoms with Crippen LogP contribution in [0.2, 0.25) is 0 Å². The second-order valence-corrected chi connectivity index (χ2v) is 4.94. The van der Waals surface area contributed by atoms with Crippen molar-refractivity contribution >= 4 is 11.7 Å². The lowest BCUT2D eigenvalue weighted by atomic mass is 10.1. The van der Waals surface area contributed by atoms with Crippen molar-refractivity contribution in [2.24, 2.45) is 0 Å². The molecule has 19 heavy (non-hydrogen) atoms. The van der Waals surface area contributed by atoms with Gasteiger partial charge in [0.2, 0.25) is 0 Å². The summed E-state index contributed by atoms with van der Waals surface area (Å²) in [6.07, 6.45) is 0. The summed E-state index contributed by atoms with van der Waals surface area (Å²) in [5.41, 5.74) is 2.21. The molecule has 1 aliphatic heterocycles. The summed E-state index contributed by atoms with van der Waals surface area (Å²) >= 11 is 0. The Labute approximate surface area is 113 Å². The van der Waals surface area contributed by atoms with Crippen molar-refractivity contribution in [2.45, 2.75) is 6.54 Å². The number of nitrogens with one attached hydrogen (secondary N) is 1. The molecule has 0 radical (unpaired) electrons. The van der Waals surface area contributed by atoms with Gasteiger partial charge in [0.15, 0.2) is 0 Å². The maximum Gasteiger partial charge on any atom is 0.323 e. The van der Waals surface area contributed by atoms with Gasteiger partial charge in [-0.2, -0.15) is 0 Å². The number of benzene rings is 1. The number of hydrogen-bond donors (Lipinski definition) is 2. The number of anilines is 1. The van der Waals surface area contributed by atoms with Crippen molar-refractivity contribution < 1.29 is 9.90 Å². The molecule has 0 amide bonds. The van der Waals surface area contributed by atoms with Crippen LogP contribution in [0.1, 0.15) is 5.56 Å². The van der Waals surface area contributed by atoms with Gasteiger partial charge in [-0.25, -0.2) is 0 Å². The lowest BCUT2D eigenvalue weighted by molar-refractivity contribution is -0.135. The van der Waals surface area contributed by atoms with E-state index < -0.39 is 5.97 Å². The number of carboxylic acid groups (broad SMARTS) is 1. The summed E-state index contributed by atoms with van der Waals surface area (Å²) in [7, 11) is 1.79. The number of aliphatic carboxylic acids is 1. The zero-order valence-corrected chi connectivity index (χ0v) is 11.3. The molecule has 2 N–H and O–H groups in total. The van der Waals surface area contributed by atoms with E-state index in [2.05, 4.69) is 22.3 Å². The molecule has 0 saturated carbocycles. The molecule has 1 aromatic rings. The van der Waals surface area contributed by atoms with Crippen LogP contribution in [0, 0.1) is 0 Å². The number of rotatable bonds is 5. The number of hydrogen-bond acceptors (Lipinski definition) is 4. The van der Waals surface area contributed by atoms with Crippen molar-refractivity contribution in [2.75, 3.05) is 44.7 Å². The summed E-state index contributed by atoms with van der Waals surface area (Å²) in [6, 6.07) is 8.13. The summed E-state index contributed by atoms with van der Waals surface area (Å²) in [5.74, 6) is -0.813. The maximum absolute atomic E-state index is 10.7. The molecular weight excluding hydrogens is 242 g/mol. The highest BCUT2D eigenvalue weighted by Gasteiger charge is 2.10. The van der Waals surface area contributed by atoms with Crippen molar-refractivity contribution in [3.8, 4) is 0 Å². The van der Waals surface area contributed by atoms with Crippen molar-refractivity contribution in [1.82, 2.24) is 10.2 Å². The molecule has 1 fully saturated rings. The first kappa shape index (κ1) is 13.8. The van der Waals surface area contributed by atoms with E-state index in [0.29, 0.717) is 0 Å². The van der Waals surface area contributed by atoms with Crippen molar-refractivity contribution in [3.05, 3.63) is 29.8 Å². The number of carboxylic acids is 1. The average molecular weight is 263 g/mol. The first-order valence-electron chi connectivity index (χ1n) is 6.60. The van der Waals surface area contributed by atoms with Gasteiger partial charge in [0, 0.05) is 45.5 Å². The SMILES string of the molecule is CN(CC(=O)O)c1ccc(CN2CCNCC2)cc1. The Hall–Kier alpha value is -1.59. The molecule has 2 rings (SSSR count). The standard InChI is InChI=1S/C14H21N3O2/c1-16(11-14(18)19)13-4-2-12(3-5-13)10-17-8-6-15-7-9-17/h2-5,15H,6-11H2,1H3,(H,18,19). The highest BCUT2D eigenvalue weighted by molar-refractivity contribution is 5.73. The van der Waals surface area contributed by atoms with E-state index in [9.17, 15) is 4.79 Å². The Bertz CT molecular complexity index is 413. The predicted octanol–water partition coefficient (Wildman–Crippen LogP) is 0.613. The summed E-state index contributed by atoms with van der Waals surface area (Å²) in [4.78, 5) is 14.8. The van der Waals surface area contributed by atoms with E-state index in [1.807, 2.05) is 12.1 Å². The van der Waals surface area contributed by atoms with Crippen molar-refractivity contribution in [3.63, 3.8) is 0 Å². The van der Waals surface area contributed by atoms with Gasteiger partial charge in [0.05, 0.1) is 0 Å². The lowest BCUT2D eigenvalue weighted by Gasteiger charge is -2.27. The van der Waals surface area contributed by atoms with E-state index in [1.54, 1.807) is 11.9 Å². The van der Waals surface area contributed by atoms with E-state index >= 15 is 0 Å². The Morgan fingerprint density at radius 1 is 1.32 bits per heavy atom. The highest BCUT2D eigenvalue weighted by atomic mass is 16.4. The normalized spacial score (nSPS) is 16.3. The molecule has 5 nitrogen and oxygen atoms in total. The molecule has 1 aromatic carbocycles. The second-order valence-electron chi connectivity index (χ2n) is 4.94. The van der Waals surface area contributed by atoms with Crippen LogP contribution in [-0.2, 0) is 11.3 Å². The summed E-state index contributed by atoms with van der Waals surface area (Å²) < 4.78 is 0. The van der Waals surface area contributed by atoms with Crippen LogP contribution in [-0.4, -0.2) is 55.7 Å². The second kappa shape index (κ2) is 6.54. The molecule has 1 aliphatic rings. The molecular formula is C14H21N3O2. The minimum absolute atomic E-state index is 0.0249. The molecule has 1 heterocycles. The van der Waals surface area contributed by atoms with Crippen LogP contribution in [0.5, 0.6) is 0 Å². The first-order chi connectivity index (χ1) is 9.15. The lowest BCUT2D eigenvalue weighted by Crippen LogP contribution is -2.42. The zero-order chi connectivity index (χ0) is 13.7. The van der Waals surface area contributed by atoms with E-state index in [0.717, 1.165) is 38.4 Å². The molecule has 0 atom stereocenters. The van der Waals surface area contributed by atoms with Gasteiger partial charge >= 0.3 is 5.97 Å². The van der Waals surface area contributed by atoms with E-state index in [-0.39, 0.29) is 6.54 Å². The number of likely N-dealkylation sites (N-methyl/N-ethyl adjacent to an activating group) is 1. The molecule has 1 saturated heterocycles. The largest absolute Gasteiger partial charge is 0.480 e. The van der Waals surface area contributed by atoms with E-state index in [4.69, 9.17) is 5.11 Å². The molecule has 0 spiro atoms. The molecule has 0 aromatic heterocycles. The van der Waals surface area contributed by atoms with Crippen LogP contribution in [0.15, 0.2) is 24.3 Å². The third-order valence-corrected chi connectivity index (χ3v) is 3.37. The number of nitrogens with zero attached hydrogens (tertiary/aromatic N) is 2. The Morgan fingerprint density at radius 2 is 1.95 bits per heavy atom. The smallest absolute Gasteiger partial charge is 0.323 e. The van der Waals surface area contributed by atoms with Gasteiger partial charge in [-0.3, -0.25) is 9.69 Å². The quantitative estimate of drug-likeness (QED) is 0.815. The predicted molar refractivity (Wildman–Crippen MR) is 75.5 cm³/mol. The minimum atomic E-state index is -0.813. The Balaban J connectivity index is 1.92. The van der Waals surface area contributed by atoms with Crippen molar-refractivity contribution in [1.29, 1.82) is 0 Å². The van der Waals surface area contributed by atoms with E-state index in [1.165, 1.54) is 5.56 Å². The molecule has 5 heteroatoms. The fourth-order valence-electron chi connectivity index (χ4n) is 2.28. The van der Waals surface area contributed by atoms with Crippen LogP contribution in [0.25, 0.3) is 0 Å². The maximum atomic E-state index is 10.7. The van der Waals surface area contributed by atoms with Gasteiger partial charge in [0.25, 0.3) is 0 Å². The minimum Gasteiger partial charge on any atom is -0.480 e. The first-order valence-corrected chi connectivity index (χ1v) is 6.60. The molecule has 0 aliphatic carbocycles. The van der Waals surface area contributed by atoms with Crippen LogP contribution >= 0.6 is 0 Å². The van der Waals surface area contributed by atoms with Gasteiger partial charge in [0.1, 0.15) is 6.54 Å². The highest BCUT2D eigenvalue weighted by Crippen LogP contribution is 2.15. The summed E-state index contributed by atoms with van der Waals surface area (Å²) in [5, 5.41) is 12.1. The van der Waals surface area contributed by atoms with Gasteiger partial charge in [-0.15, -0.1) is 0 Å². The molecule has 0 bridgehead atoms. The topological polar surface area (TPSA) is 55.8 Å². The number of piperazine rings is 1. The third kappa shape index (κ3) is 4.22. The van der Waals surface area contributed by atoms with Crippen LogP contribution in [0.4, 0.5) is 5.69 Å². The zero-order valence-electron chi connectivity index (χ0n) is 11.3. The summed E-state index contributed by atoms with van der Waals surface area (Å²) in [6.45, 7) is 5.27. The Kier molecular flexibility index (Phi) is 4.76. The Morgan fingerprint density at radius 3 is 2.53 bits per heavy atom. The fourth-order valence-corrected chi connectivity index (χ4v) is 2.28. The van der Waals surface area contributed by atoms with Gasteiger partial charge in [-0.05, 0) is 17.7 Å². The molecule has 104 valence electrons. The monoisotopic (exact) mass is 263 g/mol. The van der Waals surface area contributed by atoms with Crippen LogP contribution < -0.4 is 10.2 Å². The number of carbonyl (C=O) groups is 1. The average Bonchev–Trinajstić information content (AvgIpc) is 2.40. The third-order valence-electron chi connectivity index (χ3n) is 3.37. The molecule has 0 unspecified atom stereocenters. The van der Waals surface area contributed by atoms with Gasteiger partial charge in [-0.1, -0.05) is 12.1 Å². The fraction of sp³-hybridized carbons (Fsp3) is 0.500. The van der Waals surface area contributed by atoms with Gasteiger partial charge < -0.3 is 15.3 Å².